The molecule has 4 rings (SSSR count). The Balaban J connectivity index is 1.66. The topological polar surface area (TPSA) is 243 Å². The molecule has 2 heterocycles. The predicted octanol–water partition coefficient (Wildman–Crippen LogP) is 0.950. The summed E-state index contributed by atoms with van der Waals surface area (Å²) in [6.07, 6.45) is -1.18. The molecular weight excluding hydrogens is 632 g/mol. The van der Waals surface area contributed by atoms with Gasteiger partial charge in [0.25, 0.3) is 17.6 Å². The number of hydrogen-bond acceptors (Lipinski definition) is 13. The maximum absolute atomic E-state index is 13.4. The van der Waals surface area contributed by atoms with Crippen LogP contribution in [-0.2, 0) is 39.0 Å². The van der Waals surface area contributed by atoms with Crippen molar-refractivity contribution in [3.05, 3.63) is 88.9 Å². The van der Waals surface area contributed by atoms with Gasteiger partial charge in [-0.15, -0.1) is 11.3 Å². The van der Waals surface area contributed by atoms with Crippen LogP contribution in [0, 0.1) is 0 Å². The fourth-order valence-corrected chi connectivity index (χ4v) is 5.66. The first-order valence-electron chi connectivity index (χ1n) is 12.8. The lowest BCUT2D eigenvalue weighted by atomic mass is 9.99. The number of carbonyl (C=O) groups excluding carboxylic acids is 4. The fraction of sp³-hybridized carbons (Fsp3) is 0.222. The number of nitrogens with two attached hydrogens (primary N) is 2. The van der Waals surface area contributed by atoms with Crippen LogP contribution < -0.4 is 16.8 Å². The number of hydrogen-bond donors (Lipinski definition) is 4. The number of aromatic nitrogens is 1. The molecule has 6 N–H and O–H groups in total. The Hall–Kier alpha value is -5.13. The van der Waals surface area contributed by atoms with Crippen LogP contribution in [0.2, 0.25) is 0 Å². The number of primary amides is 1. The van der Waals surface area contributed by atoms with Gasteiger partial charge < -0.3 is 31.1 Å². The Bertz CT molecular complexity index is 1710. The smallest absolute Gasteiger partial charge is 0.404 e. The van der Waals surface area contributed by atoms with Gasteiger partial charge in [-0.3, -0.25) is 14.1 Å². The number of carbonyl (C=O) groups is 3. The van der Waals surface area contributed by atoms with Crippen molar-refractivity contribution >= 4 is 56.3 Å². The fourth-order valence-electron chi connectivity index (χ4n) is 4.25. The molecule has 1 aliphatic rings. The highest BCUT2D eigenvalue weighted by atomic mass is 32.2. The van der Waals surface area contributed by atoms with Crippen molar-refractivity contribution < 1.29 is 46.5 Å². The zero-order valence-corrected chi connectivity index (χ0v) is 24.9. The van der Waals surface area contributed by atoms with E-state index in [2.05, 4.69) is 20.2 Å². The molecule has 45 heavy (non-hydrogen) atoms. The summed E-state index contributed by atoms with van der Waals surface area (Å²) in [4.78, 5) is 58.3. The molecule has 1 aliphatic heterocycles. The molecule has 0 spiro atoms. The van der Waals surface area contributed by atoms with Crippen LogP contribution in [0.15, 0.2) is 77.3 Å². The number of amides is 3. The number of β-lactam (4-membered cyclic amide) rings is 1. The van der Waals surface area contributed by atoms with Gasteiger partial charge in [-0.1, -0.05) is 65.8 Å². The van der Waals surface area contributed by atoms with E-state index >= 15 is 0 Å². The average Bonchev–Trinajstić information content (AvgIpc) is 3.42. The molecule has 0 bridgehead atoms. The summed E-state index contributed by atoms with van der Waals surface area (Å²) >= 11 is 0.944. The lowest BCUT2D eigenvalue weighted by Crippen LogP contribution is -2.73. The van der Waals surface area contributed by atoms with Crippen molar-refractivity contribution in [3.63, 3.8) is 0 Å². The van der Waals surface area contributed by atoms with Gasteiger partial charge in [-0.2, -0.15) is 8.42 Å². The molecule has 236 valence electrons. The molecule has 3 amide bonds. The summed E-state index contributed by atoms with van der Waals surface area (Å²) in [5, 5.41) is 7.55. The number of thiazole rings is 1. The molecule has 16 nitrogen and oxygen atoms in total. The van der Waals surface area contributed by atoms with Crippen LogP contribution in [0.1, 0.15) is 29.8 Å². The van der Waals surface area contributed by atoms with E-state index in [1.807, 2.05) is 12.1 Å². The first-order valence-corrected chi connectivity index (χ1v) is 15.1. The van der Waals surface area contributed by atoms with E-state index in [0.29, 0.717) is 11.1 Å². The second-order valence-corrected chi connectivity index (χ2v) is 11.6. The minimum absolute atomic E-state index is 0.0160. The third-order valence-electron chi connectivity index (χ3n) is 6.28. The Morgan fingerprint density at radius 1 is 1.20 bits per heavy atom. The van der Waals surface area contributed by atoms with Crippen molar-refractivity contribution in [2.45, 2.75) is 30.9 Å². The van der Waals surface area contributed by atoms with Gasteiger partial charge in [0, 0.05) is 12.3 Å². The quantitative estimate of drug-likeness (QED) is 0.0501. The molecule has 0 aliphatic carbocycles. The van der Waals surface area contributed by atoms with Gasteiger partial charge in [0.1, 0.15) is 36.4 Å². The van der Waals surface area contributed by atoms with E-state index in [1.54, 1.807) is 54.5 Å². The maximum atomic E-state index is 13.4. The Labute approximate surface area is 260 Å². The van der Waals surface area contributed by atoms with Gasteiger partial charge in [-0.05, 0) is 11.1 Å². The number of ether oxygens (including phenoxy) is 2. The predicted molar refractivity (Wildman–Crippen MR) is 158 cm³/mol. The number of oxime groups is 1. The highest BCUT2D eigenvalue weighted by Gasteiger charge is 2.55. The highest BCUT2D eigenvalue weighted by molar-refractivity contribution is 7.84. The first kappa shape index (κ1) is 32.8. The summed E-state index contributed by atoms with van der Waals surface area (Å²) in [6, 6.07) is 14.8. The molecule has 2 aromatic carbocycles. The minimum atomic E-state index is -5.08. The van der Waals surface area contributed by atoms with Gasteiger partial charge in [0.05, 0.1) is 6.08 Å². The van der Waals surface area contributed by atoms with E-state index in [-0.39, 0.29) is 15.1 Å². The SMILES string of the molecule is CC(C=C=O)(ON=C(C(=O)N[C@@H]1C(=O)N(S(=O)(=O)O)[C@@H]1COC(N)=O)c1csc(N)n1)OC(c1ccccc1)c1ccccc1. The van der Waals surface area contributed by atoms with Crippen LogP contribution in [-0.4, -0.2) is 76.3 Å². The first-order chi connectivity index (χ1) is 21.3. The largest absolute Gasteiger partial charge is 0.447 e. The Morgan fingerprint density at radius 2 is 1.80 bits per heavy atom. The van der Waals surface area contributed by atoms with E-state index in [0.717, 1.165) is 17.4 Å². The van der Waals surface area contributed by atoms with Crippen LogP contribution >= 0.6 is 11.3 Å². The number of benzene rings is 2. The van der Waals surface area contributed by atoms with Gasteiger partial charge in [-0.25, -0.2) is 18.9 Å². The molecule has 1 aromatic heterocycles. The average molecular weight is 659 g/mol. The lowest BCUT2D eigenvalue weighted by Gasteiger charge is -2.43. The standard InChI is InChI=1S/C27H26N6O10S2/c1-27(12-13-34,42-22(16-8-4-2-5-9-16)17-10-6-3-7-11-17)43-32-20(18-15-44-25(28)30-18)23(35)31-21-19(14-41-26(29)37)33(24(21)36)45(38,39)40/h2-12,15,19,21-22H,14H2,1H3,(H2,28,30)(H2,29,37)(H,31,35)(H,38,39,40)/t19-,21+,27?/m1/s1. The van der Waals surface area contributed by atoms with Crippen molar-refractivity contribution in [2.75, 3.05) is 12.3 Å². The van der Waals surface area contributed by atoms with Crippen molar-refractivity contribution in [1.82, 2.24) is 14.6 Å². The second kappa shape index (κ2) is 13.7. The monoisotopic (exact) mass is 658 g/mol. The Kier molecular flexibility index (Phi) is 9.95. The summed E-state index contributed by atoms with van der Waals surface area (Å²) in [6.45, 7) is 0.566. The van der Waals surface area contributed by atoms with E-state index in [1.165, 1.54) is 12.3 Å². The van der Waals surface area contributed by atoms with E-state index in [4.69, 9.17) is 21.0 Å². The van der Waals surface area contributed by atoms with Gasteiger partial charge in [0.15, 0.2) is 10.8 Å². The van der Waals surface area contributed by atoms with Crippen LogP contribution in [0.25, 0.3) is 0 Å². The number of rotatable bonds is 13. The van der Waals surface area contributed by atoms with Crippen LogP contribution in [0.3, 0.4) is 0 Å². The van der Waals surface area contributed by atoms with E-state index < -0.39 is 64.5 Å². The molecule has 3 atom stereocenters. The van der Waals surface area contributed by atoms with Crippen LogP contribution in [0.4, 0.5) is 9.93 Å². The summed E-state index contributed by atoms with van der Waals surface area (Å²) in [5.41, 5.74) is 11.4. The summed E-state index contributed by atoms with van der Waals surface area (Å²) < 4.78 is 43.7. The molecule has 0 saturated carbocycles. The van der Waals surface area contributed by atoms with Crippen molar-refractivity contribution in [3.8, 4) is 0 Å². The summed E-state index contributed by atoms with van der Waals surface area (Å²) in [7, 11) is -5.08. The molecule has 3 aromatic rings. The molecule has 18 heteroatoms. The molecule has 1 fully saturated rings. The lowest BCUT2D eigenvalue weighted by molar-refractivity contribution is -0.211. The van der Waals surface area contributed by atoms with E-state index in [9.17, 15) is 32.1 Å². The third-order valence-corrected chi connectivity index (χ3v) is 7.90. The molecule has 1 unspecified atom stereocenters. The molecule has 1 saturated heterocycles. The van der Waals surface area contributed by atoms with Gasteiger partial charge >= 0.3 is 16.4 Å². The van der Waals surface area contributed by atoms with Crippen molar-refractivity contribution in [2.24, 2.45) is 10.9 Å². The zero-order chi connectivity index (χ0) is 32.8. The van der Waals surface area contributed by atoms with Crippen LogP contribution in [0.5, 0.6) is 0 Å². The third kappa shape index (κ3) is 7.88. The highest BCUT2D eigenvalue weighted by Crippen LogP contribution is 2.32. The normalized spacial score (nSPS) is 17.9. The molecule has 0 radical (unpaired) electrons. The summed E-state index contributed by atoms with van der Waals surface area (Å²) in [5.74, 6) is -2.68. The number of nitrogens with one attached hydrogen (secondary N) is 1. The molecular formula is C27H26N6O10S2. The number of nitrogen functional groups attached to an aromatic ring is 1. The maximum Gasteiger partial charge on any atom is 0.404 e. The van der Waals surface area contributed by atoms with Crippen molar-refractivity contribution in [1.29, 1.82) is 0 Å². The number of anilines is 1. The Morgan fingerprint density at radius 3 is 2.29 bits per heavy atom. The van der Waals surface area contributed by atoms with Gasteiger partial charge in [0.2, 0.25) is 0 Å². The zero-order valence-electron chi connectivity index (χ0n) is 23.3. The minimum Gasteiger partial charge on any atom is -0.447 e. The number of nitrogens with zero attached hydrogens (tertiary/aromatic N) is 3. The second-order valence-electron chi connectivity index (χ2n) is 9.46.